The van der Waals surface area contributed by atoms with Crippen LogP contribution in [0.4, 0.5) is 5.82 Å². The van der Waals surface area contributed by atoms with Crippen molar-refractivity contribution in [2.75, 3.05) is 11.9 Å². The third-order valence-corrected chi connectivity index (χ3v) is 3.05. The molecule has 0 radical (unpaired) electrons. The van der Waals surface area contributed by atoms with Crippen molar-refractivity contribution in [1.82, 2.24) is 10.5 Å². The molecule has 0 unspecified atom stereocenters. The zero-order valence-corrected chi connectivity index (χ0v) is 12.1. The first-order chi connectivity index (χ1) is 9.54. The molecule has 0 aliphatic carbocycles. The summed E-state index contributed by atoms with van der Waals surface area (Å²) in [6.07, 6.45) is 0. The number of hydrogen-bond acceptors (Lipinski definition) is 4. The van der Waals surface area contributed by atoms with Crippen molar-refractivity contribution < 1.29 is 9.32 Å². The van der Waals surface area contributed by atoms with E-state index >= 15 is 0 Å². The molecule has 0 fully saturated rings. The van der Waals surface area contributed by atoms with Crippen molar-refractivity contribution in [2.24, 2.45) is 0 Å². The van der Waals surface area contributed by atoms with E-state index in [0.717, 1.165) is 5.56 Å². The number of anilines is 1. The number of aryl methyl sites for hydroxylation is 1. The van der Waals surface area contributed by atoms with Gasteiger partial charge in [0.05, 0.1) is 6.54 Å². The summed E-state index contributed by atoms with van der Waals surface area (Å²) in [6.45, 7) is 3.92. The van der Waals surface area contributed by atoms with Crippen molar-refractivity contribution in [1.29, 1.82) is 0 Å². The molecule has 1 heterocycles. The van der Waals surface area contributed by atoms with Crippen LogP contribution >= 0.6 is 11.6 Å². The van der Waals surface area contributed by atoms with Gasteiger partial charge in [-0.1, -0.05) is 28.9 Å². The summed E-state index contributed by atoms with van der Waals surface area (Å²) < 4.78 is 4.87. The molecule has 2 rings (SSSR count). The average molecular weight is 294 g/mol. The van der Waals surface area contributed by atoms with Crippen molar-refractivity contribution >= 4 is 23.3 Å². The van der Waals surface area contributed by atoms with E-state index in [2.05, 4.69) is 15.8 Å². The zero-order chi connectivity index (χ0) is 14.5. The van der Waals surface area contributed by atoms with Crippen LogP contribution in [0, 0.1) is 6.92 Å². The monoisotopic (exact) mass is 293 g/mol. The normalized spacial score (nSPS) is 12.2. The molecular formula is C14H16ClN3O2. The fourth-order valence-electron chi connectivity index (χ4n) is 1.75. The molecule has 6 heteroatoms. The number of carbonyl (C=O) groups excluding carboxylic acids is 1. The lowest BCUT2D eigenvalue weighted by atomic mass is 10.1. The Labute approximate surface area is 122 Å². The van der Waals surface area contributed by atoms with Gasteiger partial charge < -0.3 is 15.2 Å². The van der Waals surface area contributed by atoms with Crippen LogP contribution in [0.1, 0.15) is 24.3 Å². The van der Waals surface area contributed by atoms with Crippen molar-refractivity contribution in [3.8, 4) is 0 Å². The van der Waals surface area contributed by atoms with E-state index in [1.807, 2.05) is 31.2 Å². The maximum Gasteiger partial charge on any atom is 0.239 e. The lowest BCUT2D eigenvalue weighted by molar-refractivity contribution is -0.115. The van der Waals surface area contributed by atoms with Crippen LogP contribution in [0.2, 0.25) is 5.02 Å². The van der Waals surface area contributed by atoms with Gasteiger partial charge in [0.25, 0.3) is 0 Å². The quantitative estimate of drug-likeness (QED) is 0.889. The number of aromatic nitrogens is 1. The van der Waals surface area contributed by atoms with E-state index in [1.165, 1.54) is 0 Å². The second-order valence-corrected chi connectivity index (χ2v) is 4.97. The van der Waals surface area contributed by atoms with Gasteiger partial charge in [0, 0.05) is 17.1 Å². The maximum absolute atomic E-state index is 11.7. The van der Waals surface area contributed by atoms with E-state index < -0.39 is 0 Å². The van der Waals surface area contributed by atoms with E-state index in [9.17, 15) is 4.79 Å². The third-order valence-electron chi connectivity index (χ3n) is 2.81. The summed E-state index contributed by atoms with van der Waals surface area (Å²) in [6, 6.07) is 9.23. The molecule has 0 spiro atoms. The highest BCUT2D eigenvalue weighted by Gasteiger charge is 2.09. The van der Waals surface area contributed by atoms with Crippen LogP contribution in [0.3, 0.4) is 0 Å². The van der Waals surface area contributed by atoms with Crippen LogP contribution in [0.5, 0.6) is 0 Å². The Bertz CT molecular complexity index is 598. The summed E-state index contributed by atoms with van der Waals surface area (Å²) in [4.78, 5) is 11.7. The topological polar surface area (TPSA) is 67.2 Å². The van der Waals surface area contributed by atoms with Crippen LogP contribution in [0.15, 0.2) is 34.9 Å². The lowest BCUT2D eigenvalue weighted by Gasteiger charge is -2.13. The van der Waals surface area contributed by atoms with E-state index in [0.29, 0.717) is 16.6 Å². The second-order valence-electron chi connectivity index (χ2n) is 4.53. The highest BCUT2D eigenvalue weighted by molar-refractivity contribution is 6.30. The fourth-order valence-corrected chi connectivity index (χ4v) is 1.95. The second kappa shape index (κ2) is 6.54. The first kappa shape index (κ1) is 14.6. The Balaban J connectivity index is 1.84. The van der Waals surface area contributed by atoms with Crippen LogP contribution < -0.4 is 10.6 Å². The Morgan fingerprint density at radius 1 is 1.45 bits per heavy atom. The molecule has 0 aliphatic heterocycles. The predicted molar refractivity (Wildman–Crippen MR) is 77.7 cm³/mol. The number of carbonyl (C=O) groups is 1. The number of amides is 1. The smallest absolute Gasteiger partial charge is 0.239 e. The molecule has 5 nitrogen and oxygen atoms in total. The molecule has 0 saturated carbocycles. The highest BCUT2D eigenvalue weighted by Crippen LogP contribution is 2.17. The molecule has 2 N–H and O–H groups in total. The Morgan fingerprint density at radius 3 is 2.90 bits per heavy atom. The molecule has 0 aliphatic rings. The molecule has 2 aromatic rings. The summed E-state index contributed by atoms with van der Waals surface area (Å²) in [5.41, 5.74) is 1.03. The van der Waals surface area contributed by atoms with Gasteiger partial charge in [0.1, 0.15) is 5.76 Å². The standard InChI is InChI=1S/C14H16ClN3O2/c1-9-6-13(18-20-9)17-14(19)8-16-10(2)11-4-3-5-12(15)7-11/h3-7,10,16H,8H2,1-2H3,(H,17,18,19)/t10-/m0/s1. The molecule has 0 bridgehead atoms. The largest absolute Gasteiger partial charge is 0.360 e. The van der Waals surface area contributed by atoms with Gasteiger partial charge >= 0.3 is 0 Å². The average Bonchev–Trinajstić information content (AvgIpc) is 2.81. The van der Waals surface area contributed by atoms with Crippen LogP contribution in [-0.4, -0.2) is 17.6 Å². The minimum atomic E-state index is -0.174. The van der Waals surface area contributed by atoms with Gasteiger partial charge in [-0.2, -0.15) is 0 Å². The summed E-state index contributed by atoms with van der Waals surface area (Å²) in [5.74, 6) is 0.900. The number of nitrogens with zero attached hydrogens (tertiary/aromatic N) is 1. The SMILES string of the molecule is Cc1cc(NC(=O)CN[C@@H](C)c2cccc(Cl)c2)no1. The summed E-state index contributed by atoms with van der Waals surface area (Å²) in [7, 11) is 0. The van der Waals surface area contributed by atoms with E-state index in [1.54, 1.807) is 13.0 Å². The fraction of sp³-hybridized carbons (Fsp3) is 0.286. The van der Waals surface area contributed by atoms with Crippen LogP contribution in [-0.2, 0) is 4.79 Å². The predicted octanol–water partition coefficient (Wildman–Crippen LogP) is 2.93. The molecule has 1 aromatic carbocycles. The molecular weight excluding hydrogens is 278 g/mol. The van der Waals surface area contributed by atoms with Crippen molar-refractivity contribution in [2.45, 2.75) is 19.9 Å². The Morgan fingerprint density at radius 2 is 2.25 bits per heavy atom. The van der Waals surface area contributed by atoms with Crippen LogP contribution in [0.25, 0.3) is 0 Å². The molecule has 1 amide bonds. The summed E-state index contributed by atoms with van der Waals surface area (Å²) in [5, 5.41) is 10.2. The first-order valence-electron chi connectivity index (χ1n) is 6.26. The molecule has 106 valence electrons. The first-order valence-corrected chi connectivity index (χ1v) is 6.64. The van der Waals surface area contributed by atoms with Crippen molar-refractivity contribution in [3.63, 3.8) is 0 Å². The molecule has 20 heavy (non-hydrogen) atoms. The maximum atomic E-state index is 11.7. The molecule has 1 aromatic heterocycles. The number of halogens is 1. The van der Waals surface area contributed by atoms with E-state index in [4.69, 9.17) is 16.1 Å². The van der Waals surface area contributed by atoms with Gasteiger partial charge in [0.2, 0.25) is 5.91 Å². The third kappa shape index (κ3) is 4.08. The molecule has 0 saturated heterocycles. The molecule has 1 atom stereocenters. The van der Waals surface area contributed by atoms with Crippen molar-refractivity contribution in [3.05, 3.63) is 46.7 Å². The number of nitrogens with one attached hydrogen (secondary N) is 2. The lowest BCUT2D eigenvalue weighted by Crippen LogP contribution is -2.30. The number of hydrogen-bond donors (Lipinski definition) is 2. The van der Waals surface area contributed by atoms with Gasteiger partial charge in [-0.25, -0.2) is 0 Å². The minimum absolute atomic E-state index is 0.0264. The van der Waals surface area contributed by atoms with Gasteiger partial charge in [0.15, 0.2) is 5.82 Å². The zero-order valence-electron chi connectivity index (χ0n) is 11.3. The number of rotatable bonds is 5. The van der Waals surface area contributed by atoms with Gasteiger partial charge in [-0.15, -0.1) is 0 Å². The Kier molecular flexibility index (Phi) is 4.76. The van der Waals surface area contributed by atoms with Gasteiger partial charge in [-0.3, -0.25) is 4.79 Å². The van der Waals surface area contributed by atoms with E-state index in [-0.39, 0.29) is 18.5 Å². The van der Waals surface area contributed by atoms with Gasteiger partial charge in [-0.05, 0) is 31.5 Å². The minimum Gasteiger partial charge on any atom is -0.360 e. The summed E-state index contributed by atoms with van der Waals surface area (Å²) >= 11 is 5.94. The highest BCUT2D eigenvalue weighted by atomic mass is 35.5. The Hall–Kier alpha value is -1.85. The number of benzene rings is 1.